The van der Waals surface area contributed by atoms with E-state index >= 15 is 0 Å². The SMILES string of the molecule is CCCCCCCCCC(=O)N(Cc1ccc(OCc2ccccc2)c(OC)c1)C1CCCCNC1=O. The molecule has 0 saturated carbocycles. The monoisotopic (exact) mass is 508 g/mol. The summed E-state index contributed by atoms with van der Waals surface area (Å²) < 4.78 is 11.6. The number of hydrogen-bond donors (Lipinski definition) is 1. The minimum Gasteiger partial charge on any atom is -0.493 e. The van der Waals surface area contributed by atoms with Crippen LogP contribution in [0.3, 0.4) is 0 Å². The molecular formula is C31H44N2O4. The lowest BCUT2D eigenvalue weighted by Crippen LogP contribution is -2.48. The molecule has 0 radical (unpaired) electrons. The molecule has 0 spiro atoms. The molecule has 1 aliphatic rings. The predicted octanol–water partition coefficient (Wildman–Crippen LogP) is 6.41. The van der Waals surface area contributed by atoms with Crippen molar-refractivity contribution in [2.45, 2.75) is 96.7 Å². The number of amides is 2. The van der Waals surface area contributed by atoms with Gasteiger partial charge >= 0.3 is 0 Å². The number of methoxy groups -OCH3 is 1. The van der Waals surface area contributed by atoms with Crippen LogP contribution in [0.5, 0.6) is 11.5 Å². The van der Waals surface area contributed by atoms with E-state index in [0.29, 0.717) is 44.0 Å². The average molecular weight is 509 g/mol. The summed E-state index contributed by atoms with van der Waals surface area (Å²) in [6.07, 6.45) is 11.2. The molecule has 1 unspecified atom stereocenters. The molecule has 1 heterocycles. The van der Waals surface area contributed by atoms with E-state index in [1.807, 2.05) is 48.5 Å². The van der Waals surface area contributed by atoms with E-state index in [-0.39, 0.29) is 11.8 Å². The second kappa shape index (κ2) is 16.0. The van der Waals surface area contributed by atoms with Crippen molar-refractivity contribution in [3.63, 3.8) is 0 Å². The summed E-state index contributed by atoms with van der Waals surface area (Å²) in [6, 6.07) is 15.3. The molecule has 2 amide bonds. The summed E-state index contributed by atoms with van der Waals surface area (Å²) in [5.74, 6) is 1.29. The smallest absolute Gasteiger partial charge is 0.242 e. The van der Waals surface area contributed by atoms with Crippen LogP contribution in [0.2, 0.25) is 0 Å². The maximum absolute atomic E-state index is 13.4. The van der Waals surface area contributed by atoms with Gasteiger partial charge in [-0.15, -0.1) is 0 Å². The highest BCUT2D eigenvalue weighted by atomic mass is 16.5. The molecule has 2 aromatic rings. The molecule has 3 rings (SSSR count). The Kier molecular flexibility index (Phi) is 12.3. The summed E-state index contributed by atoms with van der Waals surface area (Å²) in [5, 5.41) is 3.00. The first-order chi connectivity index (χ1) is 18.1. The van der Waals surface area contributed by atoms with Crippen molar-refractivity contribution in [2.75, 3.05) is 13.7 Å². The minimum absolute atomic E-state index is 0.0415. The number of nitrogens with zero attached hydrogens (tertiary/aromatic N) is 1. The van der Waals surface area contributed by atoms with Crippen molar-refractivity contribution >= 4 is 11.8 Å². The normalized spacial score (nSPS) is 15.5. The molecule has 37 heavy (non-hydrogen) atoms. The number of rotatable bonds is 15. The van der Waals surface area contributed by atoms with Crippen molar-refractivity contribution in [1.82, 2.24) is 10.2 Å². The van der Waals surface area contributed by atoms with E-state index in [1.165, 1.54) is 32.1 Å². The highest BCUT2D eigenvalue weighted by Crippen LogP contribution is 2.30. The maximum atomic E-state index is 13.4. The Bertz CT molecular complexity index is 963. The topological polar surface area (TPSA) is 67.9 Å². The van der Waals surface area contributed by atoms with Crippen molar-refractivity contribution in [1.29, 1.82) is 0 Å². The lowest BCUT2D eigenvalue weighted by atomic mass is 10.0. The second-order valence-corrected chi connectivity index (χ2v) is 9.96. The Morgan fingerprint density at radius 3 is 2.46 bits per heavy atom. The summed E-state index contributed by atoms with van der Waals surface area (Å²) in [4.78, 5) is 28.1. The van der Waals surface area contributed by atoms with Crippen LogP contribution in [-0.2, 0) is 22.7 Å². The number of carbonyl (C=O) groups excluding carboxylic acids is 2. The van der Waals surface area contributed by atoms with Crippen molar-refractivity contribution in [3.05, 3.63) is 59.7 Å². The number of unbranched alkanes of at least 4 members (excludes halogenated alkanes) is 6. The number of nitrogens with one attached hydrogen (secondary N) is 1. The van der Waals surface area contributed by atoms with Crippen molar-refractivity contribution < 1.29 is 19.1 Å². The molecular weight excluding hydrogens is 464 g/mol. The average Bonchev–Trinajstić information content (AvgIpc) is 3.14. The molecule has 0 bridgehead atoms. The van der Waals surface area contributed by atoms with Crippen LogP contribution in [0.1, 0.15) is 88.7 Å². The quantitative estimate of drug-likeness (QED) is 0.282. The van der Waals surface area contributed by atoms with Gasteiger partial charge in [-0.25, -0.2) is 0 Å². The van der Waals surface area contributed by atoms with Crippen LogP contribution >= 0.6 is 0 Å². The molecule has 0 aliphatic carbocycles. The highest BCUT2D eigenvalue weighted by Gasteiger charge is 2.30. The van der Waals surface area contributed by atoms with Crippen LogP contribution in [0.15, 0.2) is 48.5 Å². The molecule has 1 atom stereocenters. The van der Waals surface area contributed by atoms with Gasteiger partial charge in [0.15, 0.2) is 11.5 Å². The predicted molar refractivity (Wildman–Crippen MR) is 148 cm³/mol. The largest absolute Gasteiger partial charge is 0.493 e. The van der Waals surface area contributed by atoms with E-state index in [0.717, 1.165) is 36.8 Å². The molecule has 6 heteroatoms. The van der Waals surface area contributed by atoms with Crippen LogP contribution in [0.25, 0.3) is 0 Å². The van der Waals surface area contributed by atoms with Gasteiger partial charge in [-0.3, -0.25) is 9.59 Å². The standard InChI is InChI=1S/C31H44N2O4/c1-3-4-5-6-7-8-12-18-30(34)33(27-17-13-14-21-32-31(27)35)23-26-19-20-28(29(22-26)36-2)37-24-25-15-10-9-11-16-25/h9-11,15-16,19-20,22,27H,3-8,12-14,17-18,21,23-24H2,1-2H3,(H,32,35). The van der Waals surface area contributed by atoms with Crippen LogP contribution in [0, 0.1) is 0 Å². The highest BCUT2D eigenvalue weighted by molar-refractivity contribution is 5.87. The summed E-state index contributed by atoms with van der Waals surface area (Å²) >= 11 is 0. The fraction of sp³-hybridized carbons (Fsp3) is 0.548. The fourth-order valence-corrected chi connectivity index (χ4v) is 4.83. The zero-order chi connectivity index (χ0) is 26.3. The van der Waals surface area contributed by atoms with Crippen LogP contribution in [0.4, 0.5) is 0 Å². The zero-order valence-corrected chi connectivity index (χ0v) is 22.7. The third kappa shape index (κ3) is 9.42. The molecule has 2 aromatic carbocycles. The fourth-order valence-electron chi connectivity index (χ4n) is 4.83. The Balaban J connectivity index is 1.67. The first-order valence-corrected chi connectivity index (χ1v) is 14.0. The first-order valence-electron chi connectivity index (χ1n) is 14.0. The summed E-state index contributed by atoms with van der Waals surface area (Å²) in [7, 11) is 1.62. The van der Waals surface area contributed by atoms with Gasteiger partial charge in [-0.1, -0.05) is 81.8 Å². The third-order valence-corrected chi connectivity index (χ3v) is 7.02. The van der Waals surface area contributed by atoms with Crippen LogP contribution in [-0.4, -0.2) is 36.4 Å². The van der Waals surface area contributed by atoms with Gasteiger partial charge in [0.25, 0.3) is 0 Å². The number of hydrogen-bond acceptors (Lipinski definition) is 4. The Labute approximate surface area is 222 Å². The third-order valence-electron chi connectivity index (χ3n) is 7.02. The van der Waals surface area contributed by atoms with Gasteiger partial charge < -0.3 is 19.7 Å². The van der Waals surface area contributed by atoms with Crippen LogP contribution < -0.4 is 14.8 Å². The molecule has 202 valence electrons. The number of ether oxygens (including phenoxy) is 2. The minimum atomic E-state index is -0.431. The van der Waals surface area contributed by atoms with E-state index < -0.39 is 6.04 Å². The van der Waals surface area contributed by atoms with E-state index in [2.05, 4.69) is 12.2 Å². The van der Waals surface area contributed by atoms with Crippen molar-refractivity contribution in [2.24, 2.45) is 0 Å². The van der Waals surface area contributed by atoms with Gasteiger partial charge in [0.2, 0.25) is 11.8 Å². The maximum Gasteiger partial charge on any atom is 0.242 e. The van der Waals surface area contributed by atoms with Gasteiger partial charge in [0.1, 0.15) is 12.6 Å². The number of carbonyl (C=O) groups is 2. The Morgan fingerprint density at radius 2 is 1.70 bits per heavy atom. The lowest BCUT2D eigenvalue weighted by Gasteiger charge is -2.30. The number of benzene rings is 2. The van der Waals surface area contributed by atoms with Gasteiger partial charge in [-0.2, -0.15) is 0 Å². The zero-order valence-electron chi connectivity index (χ0n) is 22.7. The van der Waals surface area contributed by atoms with E-state index in [1.54, 1.807) is 12.0 Å². The van der Waals surface area contributed by atoms with Crippen molar-refractivity contribution in [3.8, 4) is 11.5 Å². The molecule has 0 aromatic heterocycles. The lowest BCUT2D eigenvalue weighted by molar-refractivity contribution is -0.141. The van der Waals surface area contributed by atoms with Gasteiger partial charge in [0, 0.05) is 19.5 Å². The summed E-state index contributed by atoms with van der Waals surface area (Å²) in [5.41, 5.74) is 2.00. The molecule has 6 nitrogen and oxygen atoms in total. The van der Waals surface area contributed by atoms with Gasteiger partial charge in [-0.05, 0) is 48.9 Å². The second-order valence-electron chi connectivity index (χ2n) is 9.96. The molecule has 1 N–H and O–H groups in total. The molecule has 1 saturated heterocycles. The first kappa shape index (κ1) is 28.5. The molecule has 1 aliphatic heterocycles. The molecule has 1 fully saturated rings. The Hall–Kier alpha value is -3.02. The Morgan fingerprint density at radius 1 is 0.946 bits per heavy atom. The van der Waals surface area contributed by atoms with Gasteiger partial charge in [0.05, 0.1) is 7.11 Å². The van der Waals surface area contributed by atoms with E-state index in [4.69, 9.17) is 9.47 Å². The summed E-state index contributed by atoms with van der Waals surface area (Å²) in [6.45, 7) is 3.72. The van der Waals surface area contributed by atoms with E-state index in [9.17, 15) is 9.59 Å².